The minimum absolute atomic E-state index is 0.0306. The number of nitro benzene ring substituents is 1. The van der Waals surface area contributed by atoms with Crippen LogP contribution in [0.15, 0.2) is 24.3 Å². The average Bonchev–Trinajstić information content (AvgIpc) is 3.63. The molecule has 0 aromatic heterocycles. The first-order chi connectivity index (χ1) is 27.2. The molecule has 2 rings (SSSR count). The van der Waals surface area contributed by atoms with Gasteiger partial charge in [-0.1, -0.05) is 61.3 Å². The van der Waals surface area contributed by atoms with E-state index >= 15 is 0 Å². The van der Waals surface area contributed by atoms with Crippen molar-refractivity contribution in [3.8, 4) is 0 Å². The Kier molecular flexibility index (Phi) is 35.2. The highest BCUT2D eigenvalue weighted by molar-refractivity contribution is 5.76. The molecule has 0 saturated carbocycles. The summed E-state index contributed by atoms with van der Waals surface area (Å²) in [6.07, 6.45) is 7.93. The van der Waals surface area contributed by atoms with Crippen LogP contribution in [0.1, 0.15) is 119 Å². The van der Waals surface area contributed by atoms with Crippen LogP contribution >= 0.6 is 0 Å². The van der Waals surface area contributed by atoms with Crippen LogP contribution in [0.5, 0.6) is 0 Å². The highest BCUT2D eigenvalue weighted by Gasteiger charge is 2.32. The number of aliphatic hydroxyl groups is 1. The monoisotopic (exact) mass is 825 g/mol. The van der Waals surface area contributed by atoms with Crippen molar-refractivity contribution in [3.05, 3.63) is 39.9 Å². The van der Waals surface area contributed by atoms with Crippen LogP contribution in [0.2, 0.25) is 0 Å². The second-order valence-corrected chi connectivity index (χ2v) is 16.1. The number of amides is 2. The van der Waals surface area contributed by atoms with Crippen LogP contribution < -0.4 is 10.6 Å². The molecule has 0 aliphatic carbocycles. The average molecular weight is 825 g/mol. The highest BCUT2D eigenvalue weighted by atomic mass is 16.6. The molecular weight excluding hydrogens is 741 g/mol. The van der Waals surface area contributed by atoms with E-state index in [9.17, 15) is 29.6 Å². The van der Waals surface area contributed by atoms with Crippen molar-refractivity contribution >= 4 is 30.6 Å². The summed E-state index contributed by atoms with van der Waals surface area (Å²) < 4.78 is 5.43. The molecule has 7 unspecified atom stereocenters. The lowest BCUT2D eigenvalue weighted by Crippen LogP contribution is -2.49. The second-order valence-electron chi connectivity index (χ2n) is 16.1. The number of likely N-dealkylation sites (N-methyl/N-ethyl adjacent to an activating group) is 2. The molecule has 8 atom stereocenters. The van der Waals surface area contributed by atoms with E-state index in [-0.39, 0.29) is 29.8 Å². The summed E-state index contributed by atoms with van der Waals surface area (Å²) in [6.45, 7) is 20.2. The molecule has 1 aliphatic heterocycles. The Balaban J connectivity index is -0.000000697. The summed E-state index contributed by atoms with van der Waals surface area (Å²) in [7, 11) is 13.1. The lowest BCUT2D eigenvalue weighted by atomic mass is 9.91. The minimum atomic E-state index is -0.657. The number of benzene rings is 1. The van der Waals surface area contributed by atoms with Crippen LogP contribution in [0, 0.1) is 33.8 Å². The van der Waals surface area contributed by atoms with E-state index in [4.69, 9.17) is 9.53 Å². The Bertz CT molecular complexity index is 1210. The first-order valence-corrected chi connectivity index (χ1v) is 20.9. The third-order valence-corrected chi connectivity index (χ3v) is 11.0. The molecule has 1 saturated heterocycles. The van der Waals surface area contributed by atoms with E-state index in [1.807, 2.05) is 27.8 Å². The molecule has 0 spiro atoms. The van der Waals surface area contributed by atoms with Crippen molar-refractivity contribution < 1.29 is 33.9 Å². The molecule has 0 radical (unpaired) electrons. The van der Waals surface area contributed by atoms with Gasteiger partial charge in [0.15, 0.2) is 0 Å². The topological polar surface area (TPSA) is 175 Å². The van der Waals surface area contributed by atoms with Gasteiger partial charge in [-0.3, -0.25) is 19.7 Å². The molecule has 1 aromatic carbocycles. The summed E-state index contributed by atoms with van der Waals surface area (Å²) >= 11 is 0. The van der Waals surface area contributed by atoms with E-state index in [0.717, 1.165) is 37.8 Å². The van der Waals surface area contributed by atoms with Crippen LogP contribution in [0.3, 0.4) is 0 Å². The maximum atomic E-state index is 12.2. The Morgan fingerprint density at radius 3 is 1.83 bits per heavy atom. The number of nitrogens with zero attached hydrogens (tertiary/aromatic N) is 4. The predicted molar refractivity (Wildman–Crippen MR) is 237 cm³/mol. The Labute approximate surface area is 352 Å². The van der Waals surface area contributed by atoms with Gasteiger partial charge in [0.2, 0.25) is 12.3 Å². The van der Waals surface area contributed by atoms with Gasteiger partial charge in [0.05, 0.1) is 23.2 Å². The summed E-state index contributed by atoms with van der Waals surface area (Å²) in [6, 6.07) is 7.14. The van der Waals surface area contributed by atoms with Gasteiger partial charge in [-0.05, 0) is 103 Å². The van der Waals surface area contributed by atoms with E-state index in [2.05, 4.69) is 83.1 Å². The summed E-state index contributed by atoms with van der Waals surface area (Å²) in [5, 5.41) is 25.4. The van der Waals surface area contributed by atoms with Crippen molar-refractivity contribution in [1.29, 1.82) is 0 Å². The molecule has 14 nitrogen and oxygen atoms in total. The number of likely N-dealkylation sites (tertiary alicyclic amines) is 1. The number of non-ortho nitro benzene ring substituents is 1. The molecular formula is C44H84N6O8. The van der Waals surface area contributed by atoms with Gasteiger partial charge < -0.3 is 44.8 Å². The van der Waals surface area contributed by atoms with E-state index in [1.54, 1.807) is 38.2 Å². The van der Waals surface area contributed by atoms with Gasteiger partial charge in [-0.25, -0.2) is 0 Å². The summed E-state index contributed by atoms with van der Waals surface area (Å²) in [4.78, 5) is 58.8. The maximum absolute atomic E-state index is 12.2. The molecule has 0 bridgehead atoms. The van der Waals surface area contributed by atoms with Gasteiger partial charge in [0.25, 0.3) is 5.69 Å². The Hall–Kier alpha value is -3.30. The Morgan fingerprint density at radius 1 is 0.983 bits per heavy atom. The molecule has 3 N–H and O–H groups in total. The molecule has 1 fully saturated rings. The number of carbonyl (C=O) groups excluding carboxylic acids is 4. The maximum Gasteiger partial charge on any atom is 0.269 e. The number of nitrogens with one attached hydrogen (secondary N) is 2. The number of rotatable bonds is 20. The number of methoxy groups -OCH3 is 1. The number of hydrogen-bond acceptors (Lipinski definition) is 11. The van der Waals surface area contributed by atoms with Gasteiger partial charge in [-0.2, -0.15) is 0 Å². The lowest BCUT2D eigenvalue weighted by molar-refractivity contribution is -0.384. The van der Waals surface area contributed by atoms with Crippen molar-refractivity contribution in [1.82, 2.24) is 25.3 Å². The standard InChI is InChI=1S/C15H29NO3.C10H14N2O3.C10H19NO.C7H17N.C2H5NO/c1-7-12(4)15(13(19-6)8-9-17)16(5)14(18)10-11(2)3;1-7(11-2)10(13)8-3-5-9(6-4-8)12(14)15;1-3-9(6-8-12)10-5-4-7-11(10)2;1-6(2)7(3)8(4)5;1-3-2-4/h9,11-13,15H,7-8,10H2,1-6H3;3-7,10-11,13H,1-2H3;8-10H,3-7H2,1-2H3;6-7H,1-5H3;2H,1H3,(H,3,4)/t;7-,10?;;;/m.1.../s1. The zero-order valence-corrected chi connectivity index (χ0v) is 39.1. The number of carbonyl (C=O) groups is 4. The van der Waals surface area contributed by atoms with Crippen molar-refractivity contribution in [2.24, 2.45) is 23.7 Å². The van der Waals surface area contributed by atoms with Gasteiger partial charge in [0.1, 0.15) is 12.6 Å². The fraction of sp³-hybridized carbons (Fsp3) is 0.773. The van der Waals surface area contributed by atoms with E-state index in [0.29, 0.717) is 54.7 Å². The van der Waals surface area contributed by atoms with Crippen molar-refractivity contribution in [2.45, 2.75) is 144 Å². The zero-order chi connectivity index (χ0) is 45.5. The number of nitro groups is 1. The van der Waals surface area contributed by atoms with Gasteiger partial charge in [-0.15, -0.1) is 0 Å². The summed E-state index contributed by atoms with van der Waals surface area (Å²) in [5.74, 6) is 2.11. The predicted octanol–water partition coefficient (Wildman–Crippen LogP) is 6.40. The normalized spacial score (nSPS) is 17.1. The highest BCUT2D eigenvalue weighted by Crippen LogP contribution is 2.26. The summed E-state index contributed by atoms with van der Waals surface area (Å²) in [5.41, 5.74) is 0.700. The van der Waals surface area contributed by atoms with Gasteiger partial charge >= 0.3 is 0 Å². The molecule has 2 amide bonds. The first kappa shape index (κ1) is 59.0. The quantitative estimate of drug-likeness (QED) is 0.0755. The van der Waals surface area contributed by atoms with Crippen LogP contribution in [-0.4, -0.2) is 136 Å². The number of hydrogen-bond donors (Lipinski definition) is 3. The fourth-order valence-electron chi connectivity index (χ4n) is 6.46. The smallest absolute Gasteiger partial charge is 0.269 e. The molecule has 14 heteroatoms. The van der Waals surface area contributed by atoms with Crippen LogP contribution in [-0.2, 0) is 23.9 Å². The second kappa shape index (κ2) is 34.6. The minimum Gasteiger partial charge on any atom is -0.387 e. The van der Waals surface area contributed by atoms with Crippen LogP contribution in [0.4, 0.5) is 5.69 Å². The number of aldehydes is 2. The van der Waals surface area contributed by atoms with Crippen molar-refractivity contribution in [3.63, 3.8) is 0 Å². The molecule has 1 aliphatic rings. The van der Waals surface area contributed by atoms with E-state index in [1.165, 1.54) is 31.5 Å². The first-order valence-electron chi connectivity index (χ1n) is 20.9. The number of aliphatic hydroxyl groups excluding tert-OH is 1. The molecule has 1 heterocycles. The van der Waals surface area contributed by atoms with E-state index < -0.39 is 11.0 Å². The lowest BCUT2D eigenvalue weighted by Gasteiger charge is -2.37. The molecule has 58 heavy (non-hydrogen) atoms. The molecule has 1 aromatic rings. The number of ether oxygens (including phenoxy) is 1. The Morgan fingerprint density at radius 2 is 1.52 bits per heavy atom. The third-order valence-electron chi connectivity index (χ3n) is 11.0. The fourth-order valence-corrected chi connectivity index (χ4v) is 6.46. The SMILES string of the molecule is CC(C)C(C)N(C)C.CCC(C)C(C(CC=O)OC)N(C)C(=O)CC(C)C.CCC(CC=O)C1CCCN1C.CNC=O.CN[C@H](C)C(O)c1ccc([N+](=O)[O-])cc1. The van der Waals surface area contributed by atoms with Crippen LogP contribution in [0.25, 0.3) is 0 Å². The zero-order valence-electron chi connectivity index (χ0n) is 39.1. The largest absolute Gasteiger partial charge is 0.387 e. The van der Waals surface area contributed by atoms with Gasteiger partial charge in [0, 0.05) is 70.7 Å². The third kappa shape index (κ3) is 24.6. The molecule has 338 valence electrons. The van der Waals surface area contributed by atoms with Crippen molar-refractivity contribution in [2.75, 3.05) is 55.9 Å².